The van der Waals surface area contributed by atoms with Gasteiger partial charge in [-0.3, -0.25) is 9.89 Å². The van der Waals surface area contributed by atoms with Crippen LogP contribution in [0.2, 0.25) is 0 Å². The maximum atomic E-state index is 12.9. The maximum Gasteiger partial charge on any atom is 0.290 e. The fraction of sp³-hybridized carbons (Fsp3) is 0.421. The van der Waals surface area contributed by atoms with Crippen molar-refractivity contribution in [1.82, 2.24) is 20.0 Å². The van der Waals surface area contributed by atoms with Crippen molar-refractivity contribution in [2.45, 2.75) is 20.0 Å². The molecule has 142 valence electrons. The first-order valence-corrected chi connectivity index (χ1v) is 9.09. The van der Waals surface area contributed by atoms with E-state index in [-0.39, 0.29) is 11.7 Å². The van der Waals surface area contributed by atoms with Crippen molar-refractivity contribution in [2.24, 2.45) is 7.05 Å². The molecule has 0 amide bonds. The Bertz CT molecular complexity index is 1020. The number of hydrogen-bond acceptors (Lipinski definition) is 6. The number of rotatable bonds is 4. The second-order valence-electron chi connectivity index (χ2n) is 6.85. The third-order valence-corrected chi connectivity index (χ3v) is 4.61. The summed E-state index contributed by atoms with van der Waals surface area (Å²) in [5.41, 5.74) is 2.69. The highest BCUT2D eigenvalue weighted by atomic mass is 16.5. The van der Waals surface area contributed by atoms with Crippen molar-refractivity contribution >= 4 is 16.6 Å². The molecular formula is C19H23N5O3. The molecule has 1 aliphatic heterocycles. The lowest BCUT2D eigenvalue weighted by molar-refractivity contribution is 0.122. The molecule has 27 heavy (non-hydrogen) atoms. The number of nitrogens with zero attached hydrogens (tertiary/aromatic N) is 4. The van der Waals surface area contributed by atoms with E-state index in [4.69, 9.17) is 9.47 Å². The zero-order chi connectivity index (χ0) is 19.0. The van der Waals surface area contributed by atoms with E-state index in [2.05, 4.69) is 20.2 Å². The first kappa shape index (κ1) is 17.5. The molecule has 8 nitrogen and oxygen atoms in total. The third-order valence-electron chi connectivity index (χ3n) is 4.61. The number of hydrogen-bond donors (Lipinski definition) is 1. The number of aromatic amines is 1. The van der Waals surface area contributed by atoms with Crippen LogP contribution in [-0.4, -0.2) is 52.4 Å². The van der Waals surface area contributed by atoms with Gasteiger partial charge < -0.3 is 14.4 Å². The molecule has 0 radical (unpaired) electrons. The minimum atomic E-state index is -0.146. The average Bonchev–Trinajstić information content (AvgIpc) is 3.09. The average molecular weight is 369 g/mol. The smallest absolute Gasteiger partial charge is 0.290 e. The van der Waals surface area contributed by atoms with Crippen LogP contribution in [-0.2, 0) is 11.8 Å². The lowest BCUT2D eigenvalue weighted by Gasteiger charge is -2.29. The highest BCUT2D eigenvalue weighted by molar-refractivity contribution is 6.00. The Morgan fingerprint density at radius 1 is 1.26 bits per heavy atom. The molecule has 1 aromatic carbocycles. The highest BCUT2D eigenvalue weighted by Gasteiger charge is 2.24. The molecular weight excluding hydrogens is 346 g/mol. The van der Waals surface area contributed by atoms with Crippen LogP contribution in [0.1, 0.15) is 13.8 Å². The maximum absolute atomic E-state index is 12.9. The zero-order valence-electron chi connectivity index (χ0n) is 15.7. The monoisotopic (exact) mass is 369 g/mol. The van der Waals surface area contributed by atoms with Crippen LogP contribution in [0.4, 0.5) is 5.69 Å². The molecule has 0 aliphatic carbocycles. The second-order valence-corrected chi connectivity index (χ2v) is 6.85. The van der Waals surface area contributed by atoms with Crippen molar-refractivity contribution in [3.8, 4) is 17.0 Å². The SMILES string of the molecule is CC(C)Oc1cccc2[nH]nc(-c3cnn(C)c(=O)c3N3CCOCC3)c12. The number of aryl methyl sites for hydroxylation is 1. The minimum absolute atomic E-state index is 0.0267. The number of nitrogens with one attached hydrogen (secondary N) is 1. The lowest BCUT2D eigenvalue weighted by Crippen LogP contribution is -2.41. The Hall–Kier alpha value is -2.87. The molecule has 2 aromatic heterocycles. The van der Waals surface area contributed by atoms with Crippen LogP contribution < -0.4 is 15.2 Å². The van der Waals surface area contributed by atoms with Crippen molar-refractivity contribution in [3.05, 3.63) is 34.7 Å². The highest BCUT2D eigenvalue weighted by Crippen LogP contribution is 2.37. The molecule has 8 heteroatoms. The van der Waals surface area contributed by atoms with E-state index < -0.39 is 0 Å². The first-order chi connectivity index (χ1) is 13.1. The van der Waals surface area contributed by atoms with Crippen molar-refractivity contribution in [1.29, 1.82) is 0 Å². The third kappa shape index (κ3) is 3.16. The van der Waals surface area contributed by atoms with Gasteiger partial charge in [-0.1, -0.05) is 6.07 Å². The van der Waals surface area contributed by atoms with Crippen molar-refractivity contribution in [2.75, 3.05) is 31.2 Å². The van der Waals surface area contributed by atoms with Gasteiger partial charge in [-0.15, -0.1) is 0 Å². The van der Waals surface area contributed by atoms with E-state index in [1.807, 2.05) is 32.0 Å². The minimum Gasteiger partial charge on any atom is -0.490 e. The predicted octanol–water partition coefficient (Wildman–Crippen LogP) is 1.95. The summed E-state index contributed by atoms with van der Waals surface area (Å²) in [6.07, 6.45) is 1.73. The van der Waals surface area contributed by atoms with E-state index in [0.717, 1.165) is 16.7 Å². The van der Waals surface area contributed by atoms with Gasteiger partial charge >= 0.3 is 0 Å². The van der Waals surface area contributed by atoms with Crippen LogP contribution in [0, 0.1) is 0 Å². The lowest BCUT2D eigenvalue weighted by atomic mass is 10.1. The first-order valence-electron chi connectivity index (χ1n) is 9.09. The second kappa shape index (κ2) is 7.03. The molecule has 3 heterocycles. The van der Waals surface area contributed by atoms with Gasteiger partial charge in [0.05, 0.1) is 42.0 Å². The number of morpholine rings is 1. The summed E-state index contributed by atoms with van der Waals surface area (Å²) in [5, 5.41) is 12.7. The van der Waals surface area contributed by atoms with Crippen LogP contribution in [0.15, 0.2) is 29.2 Å². The standard InChI is InChI=1S/C19H23N5O3/c1-12(2)27-15-6-4-5-14-16(15)17(22-21-14)13-11-20-23(3)19(25)18(13)24-7-9-26-10-8-24/h4-6,11-12H,7-10H2,1-3H3,(H,21,22). The number of anilines is 1. The molecule has 0 spiro atoms. The Kier molecular flexibility index (Phi) is 4.57. The molecule has 1 N–H and O–H groups in total. The molecule has 0 bridgehead atoms. The predicted molar refractivity (Wildman–Crippen MR) is 103 cm³/mol. The molecule has 0 atom stereocenters. The van der Waals surface area contributed by atoms with Gasteiger partial charge in [0, 0.05) is 20.1 Å². The zero-order valence-corrected chi connectivity index (χ0v) is 15.7. The number of aromatic nitrogens is 4. The quantitative estimate of drug-likeness (QED) is 0.757. The fourth-order valence-corrected chi connectivity index (χ4v) is 3.38. The molecule has 1 saturated heterocycles. The molecule has 1 aliphatic rings. The number of fused-ring (bicyclic) bond motifs is 1. The fourth-order valence-electron chi connectivity index (χ4n) is 3.38. The van der Waals surface area contributed by atoms with Crippen molar-refractivity contribution < 1.29 is 9.47 Å². The number of benzene rings is 1. The van der Waals surface area contributed by atoms with Crippen LogP contribution in [0.3, 0.4) is 0 Å². The summed E-state index contributed by atoms with van der Waals surface area (Å²) in [4.78, 5) is 15.0. The van der Waals surface area contributed by atoms with E-state index in [0.29, 0.717) is 43.2 Å². The molecule has 1 fully saturated rings. The van der Waals surface area contributed by atoms with Crippen molar-refractivity contribution in [3.63, 3.8) is 0 Å². The van der Waals surface area contributed by atoms with E-state index in [1.165, 1.54) is 4.68 Å². The normalized spacial score (nSPS) is 14.9. The molecule has 0 unspecified atom stereocenters. The summed E-state index contributed by atoms with van der Waals surface area (Å²) in [6, 6.07) is 5.79. The van der Waals surface area contributed by atoms with Gasteiger partial charge in [-0.2, -0.15) is 10.2 Å². The van der Waals surface area contributed by atoms with Gasteiger partial charge in [0.2, 0.25) is 0 Å². The van der Waals surface area contributed by atoms with Crippen LogP contribution in [0.5, 0.6) is 5.75 Å². The number of ether oxygens (including phenoxy) is 2. The Labute approximate surface area is 156 Å². The Balaban J connectivity index is 1.94. The van der Waals surface area contributed by atoms with E-state index >= 15 is 0 Å². The van der Waals surface area contributed by atoms with Gasteiger partial charge in [0.1, 0.15) is 17.1 Å². The van der Waals surface area contributed by atoms with Gasteiger partial charge in [0.15, 0.2) is 0 Å². The Morgan fingerprint density at radius 3 is 2.78 bits per heavy atom. The summed E-state index contributed by atoms with van der Waals surface area (Å²) in [5.74, 6) is 0.736. The summed E-state index contributed by atoms with van der Waals surface area (Å²) < 4.78 is 12.8. The molecule has 0 saturated carbocycles. The topological polar surface area (TPSA) is 85.3 Å². The summed E-state index contributed by atoms with van der Waals surface area (Å²) >= 11 is 0. The summed E-state index contributed by atoms with van der Waals surface area (Å²) in [7, 11) is 1.66. The molecule has 3 aromatic rings. The number of H-pyrrole nitrogens is 1. The molecule has 4 rings (SSSR count). The van der Waals surface area contributed by atoms with Gasteiger partial charge in [0.25, 0.3) is 5.56 Å². The van der Waals surface area contributed by atoms with E-state index in [1.54, 1.807) is 13.2 Å². The van der Waals surface area contributed by atoms with Gasteiger partial charge in [-0.25, -0.2) is 4.68 Å². The largest absolute Gasteiger partial charge is 0.490 e. The summed E-state index contributed by atoms with van der Waals surface area (Å²) in [6.45, 7) is 6.46. The van der Waals surface area contributed by atoms with Crippen LogP contribution >= 0.6 is 0 Å². The van der Waals surface area contributed by atoms with Crippen LogP contribution in [0.25, 0.3) is 22.2 Å². The van der Waals surface area contributed by atoms with Gasteiger partial charge in [-0.05, 0) is 26.0 Å². The Morgan fingerprint density at radius 2 is 2.04 bits per heavy atom. The van der Waals surface area contributed by atoms with E-state index in [9.17, 15) is 4.79 Å².